The van der Waals surface area contributed by atoms with Crippen LogP contribution in [0.3, 0.4) is 0 Å². The molecule has 0 amide bonds. The van der Waals surface area contributed by atoms with Gasteiger partial charge in [-0.25, -0.2) is 0 Å². The number of aliphatic carboxylic acids is 1. The molecule has 0 saturated carbocycles. The number of carbonyl (C=O) groups is 1. The van der Waals surface area contributed by atoms with E-state index in [1.807, 2.05) is 24.3 Å². The monoisotopic (exact) mass is 250 g/mol. The predicted octanol–water partition coefficient (Wildman–Crippen LogP) is 1.35. The number of hydrogen-bond acceptors (Lipinski definition) is 3. The molecule has 0 aliphatic heterocycles. The van der Waals surface area contributed by atoms with Crippen molar-refractivity contribution in [1.82, 2.24) is 10.2 Å². The lowest BCUT2D eigenvalue weighted by Crippen LogP contribution is -2.21. The van der Waals surface area contributed by atoms with E-state index in [9.17, 15) is 4.79 Å². The molecule has 0 fully saturated rings. The van der Waals surface area contributed by atoms with E-state index in [0.717, 1.165) is 37.2 Å². The van der Waals surface area contributed by atoms with Crippen molar-refractivity contribution in [2.75, 3.05) is 27.2 Å². The molecule has 100 valence electrons. The van der Waals surface area contributed by atoms with Gasteiger partial charge < -0.3 is 15.3 Å². The first-order valence-electron chi connectivity index (χ1n) is 6.23. The van der Waals surface area contributed by atoms with Crippen LogP contribution in [0.2, 0.25) is 0 Å². The van der Waals surface area contributed by atoms with Gasteiger partial charge in [-0.15, -0.1) is 0 Å². The lowest BCUT2D eigenvalue weighted by molar-refractivity contribution is -0.136. The average molecular weight is 250 g/mol. The summed E-state index contributed by atoms with van der Waals surface area (Å²) in [5, 5.41) is 12.2. The molecule has 2 N–H and O–H groups in total. The molecule has 0 heterocycles. The minimum atomic E-state index is -0.782. The van der Waals surface area contributed by atoms with E-state index in [-0.39, 0.29) is 6.42 Å². The largest absolute Gasteiger partial charge is 0.481 e. The summed E-state index contributed by atoms with van der Waals surface area (Å²) in [6.45, 7) is 2.74. The second-order valence-electron chi connectivity index (χ2n) is 4.67. The van der Waals surface area contributed by atoms with Crippen LogP contribution in [0.1, 0.15) is 17.5 Å². The Morgan fingerprint density at radius 3 is 2.56 bits per heavy atom. The summed E-state index contributed by atoms with van der Waals surface area (Å²) in [5.41, 5.74) is 1.97. The molecule has 0 saturated heterocycles. The molecule has 0 unspecified atom stereocenters. The molecule has 0 aliphatic rings. The highest BCUT2D eigenvalue weighted by molar-refractivity contribution is 5.70. The maximum absolute atomic E-state index is 10.7. The van der Waals surface area contributed by atoms with Crippen LogP contribution in [-0.4, -0.2) is 43.2 Å². The molecule has 0 atom stereocenters. The molecule has 0 aromatic heterocycles. The lowest BCUT2D eigenvalue weighted by Gasteiger charge is -2.11. The van der Waals surface area contributed by atoms with Crippen LogP contribution in [0.4, 0.5) is 0 Å². The van der Waals surface area contributed by atoms with Crippen LogP contribution in [0.5, 0.6) is 0 Å². The summed E-state index contributed by atoms with van der Waals surface area (Å²) < 4.78 is 0. The number of carboxylic acids is 1. The van der Waals surface area contributed by atoms with Gasteiger partial charge in [0.15, 0.2) is 0 Å². The topological polar surface area (TPSA) is 52.6 Å². The van der Waals surface area contributed by atoms with Gasteiger partial charge in [-0.2, -0.15) is 0 Å². The highest BCUT2D eigenvalue weighted by Crippen LogP contribution is 2.09. The molecule has 4 heteroatoms. The van der Waals surface area contributed by atoms with Crippen LogP contribution in [0.15, 0.2) is 24.3 Å². The molecule has 18 heavy (non-hydrogen) atoms. The molecule has 1 rings (SSSR count). The number of nitrogens with one attached hydrogen (secondary N) is 1. The molecule has 4 nitrogen and oxygen atoms in total. The van der Waals surface area contributed by atoms with Crippen molar-refractivity contribution in [1.29, 1.82) is 0 Å². The van der Waals surface area contributed by atoms with Gasteiger partial charge in [-0.05, 0) is 44.7 Å². The van der Waals surface area contributed by atoms with E-state index >= 15 is 0 Å². The smallest absolute Gasteiger partial charge is 0.307 e. The predicted molar refractivity (Wildman–Crippen MR) is 72.7 cm³/mol. The normalized spacial score (nSPS) is 10.8. The Morgan fingerprint density at radius 2 is 1.94 bits per heavy atom. The Balaban J connectivity index is 2.39. The zero-order valence-electron chi connectivity index (χ0n) is 11.1. The Hall–Kier alpha value is -1.39. The van der Waals surface area contributed by atoms with E-state index in [4.69, 9.17) is 5.11 Å². The fraction of sp³-hybridized carbons (Fsp3) is 0.500. The van der Waals surface area contributed by atoms with Crippen molar-refractivity contribution in [3.63, 3.8) is 0 Å². The Kier molecular flexibility index (Phi) is 6.39. The number of nitrogens with zero attached hydrogens (tertiary/aromatic N) is 1. The van der Waals surface area contributed by atoms with Gasteiger partial charge in [-0.3, -0.25) is 4.79 Å². The van der Waals surface area contributed by atoms with Crippen LogP contribution >= 0.6 is 0 Å². The third kappa shape index (κ3) is 5.80. The SMILES string of the molecule is CN(C)CCCNCc1ccccc1CC(=O)O. The molecule has 1 aromatic carbocycles. The minimum absolute atomic E-state index is 0.0928. The van der Waals surface area contributed by atoms with Gasteiger partial charge in [0.25, 0.3) is 0 Å². The Morgan fingerprint density at radius 1 is 1.28 bits per heavy atom. The van der Waals surface area contributed by atoms with E-state index in [2.05, 4.69) is 24.3 Å². The van der Waals surface area contributed by atoms with Gasteiger partial charge >= 0.3 is 5.97 Å². The van der Waals surface area contributed by atoms with E-state index in [0.29, 0.717) is 0 Å². The molecule has 0 aliphatic carbocycles. The zero-order chi connectivity index (χ0) is 13.4. The first-order chi connectivity index (χ1) is 8.59. The molecular formula is C14H22N2O2. The molecule has 1 aromatic rings. The maximum atomic E-state index is 10.7. The van der Waals surface area contributed by atoms with Gasteiger partial charge in [0.05, 0.1) is 6.42 Å². The number of benzene rings is 1. The highest BCUT2D eigenvalue weighted by atomic mass is 16.4. The van der Waals surface area contributed by atoms with Crippen molar-refractivity contribution < 1.29 is 9.90 Å². The third-order valence-electron chi connectivity index (χ3n) is 2.73. The second-order valence-corrected chi connectivity index (χ2v) is 4.67. The molecule has 0 spiro atoms. The third-order valence-corrected chi connectivity index (χ3v) is 2.73. The van der Waals surface area contributed by atoms with Crippen molar-refractivity contribution in [3.05, 3.63) is 35.4 Å². The van der Waals surface area contributed by atoms with Gasteiger partial charge in [-0.1, -0.05) is 24.3 Å². The number of rotatable bonds is 8. The van der Waals surface area contributed by atoms with Gasteiger partial charge in [0.1, 0.15) is 0 Å². The minimum Gasteiger partial charge on any atom is -0.481 e. The summed E-state index contributed by atoms with van der Waals surface area (Å²) in [6, 6.07) is 7.69. The molecule has 0 radical (unpaired) electrons. The van der Waals surface area contributed by atoms with E-state index < -0.39 is 5.97 Å². The van der Waals surface area contributed by atoms with Crippen LogP contribution in [0.25, 0.3) is 0 Å². The van der Waals surface area contributed by atoms with Crippen molar-refractivity contribution >= 4 is 5.97 Å². The zero-order valence-corrected chi connectivity index (χ0v) is 11.1. The number of hydrogen-bond donors (Lipinski definition) is 2. The highest BCUT2D eigenvalue weighted by Gasteiger charge is 2.05. The van der Waals surface area contributed by atoms with Gasteiger partial charge in [0, 0.05) is 6.54 Å². The van der Waals surface area contributed by atoms with Crippen LogP contribution in [-0.2, 0) is 17.8 Å². The fourth-order valence-electron chi connectivity index (χ4n) is 1.81. The number of carboxylic acid groups (broad SMARTS) is 1. The Bertz CT molecular complexity index is 378. The standard InChI is InChI=1S/C14H22N2O2/c1-16(2)9-5-8-15-11-13-7-4-3-6-12(13)10-14(17)18/h3-4,6-7,15H,5,8-11H2,1-2H3,(H,17,18). The summed E-state index contributed by atoms with van der Waals surface area (Å²) in [7, 11) is 4.12. The van der Waals surface area contributed by atoms with E-state index in [1.54, 1.807) is 0 Å². The quantitative estimate of drug-likeness (QED) is 0.684. The van der Waals surface area contributed by atoms with Crippen molar-refractivity contribution in [2.45, 2.75) is 19.4 Å². The van der Waals surface area contributed by atoms with Crippen molar-refractivity contribution in [2.24, 2.45) is 0 Å². The molecule has 0 bridgehead atoms. The first kappa shape index (κ1) is 14.7. The van der Waals surface area contributed by atoms with E-state index in [1.165, 1.54) is 0 Å². The lowest BCUT2D eigenvalue weighted by atomic mass is 10.0. The summed E-state index contributed by atoms with van der Waals surface area (Å²) in [5.74, 6) is -0.782. The summed E-state index contributed by atoms with van der Waals surface area (Å²) >= 11 is 0. The molecular weight excluding hydrogens is 228 g/mol. The maximum Gasteiger partial charge on any atom is 0.307 e. The fourth-order valence-corrected chi connectivity index (χ4v) is 1.81. The summed E-state index contributed by atoms with van der Waals surface area (Å²) in [6.07, 6.45) is 1.18. The first-order valence-corrected chi connectivity index (χ1v) is 6.23. The van der Waals surface area contributed by atoms with Crippen LogP contribution in [0, 0.1) is 0 Å². The Labute approximate surface area is 109 Å². The van der Waals surface area contributed by atoms with Crippen molar-refractivity contribution in [3.8, 4) is 0 Å². The summed E-state index contributed by atoms with van der Waals surface area (Å²) in [4.78, 5) is 12.9. The average Bonchev–Trinajstić information content (AvgIpc) is 2.29. The second kappa shape index (κ2) is 7.84. The van der Waals surface area contributed by atoms with Crippen LogP contribution < -0.4 is 5.32 Å². The van der Waals surface area contributed by atoms with Gasteiger partial charge in [0.2, 0.25) is 0 Å².